The molecule has 0 aliphatic carbocycles. The second-order valence-electron chi connectivity index (χ2n) is 4.29. The van der Waals surface area contributed by atoms with Gasteiger partial charge in [-0.15, -0.1) is 0 Å². The number of aromatic nitrogens is 2. The molecule has 0 spiro atoms. The van der Waals surface area contributed by atoms with Gasteiger partial charge in [-0.25, -0.2) is 0 Å². The van der Waals surface area contributed by atoms with E-state index in [9.17, 15) is 13.2 Å². The largest absolute Gasteiger partial charge is 0.416 e. The molecule has 19 heavy (non-hydrogen) atoms. The first-order valence-electron chi connectivity index (χ1n) is 5.65. The van der Waals surface area contributed by atoms with Crippen molar-refractivity contribution in [3.05, 3.63) is 34.3 Å². The number of fused-ring (bicyclic) bond motifs is 1. The number of hydrogen-bond donors (Lipinski definition) is 2. The highest BCUT2D eigenvalue weighted by Gasteiger charge is 2.31. The summed E-state index contributed by atoms with van der Waals surface area (Å²) in [5, 5.41) is 10.1. The fourth-order valence-electron chi connectivity index (χ4n) is 2.18. The van der Waals surface area contributed by atoms with Gasteiger partial charge in [0.2, 0.25) is 0 Å². The summed E-state index contributed by atoms with van der Waals surface area (Å²) < 4.78 is 38.2. The zero-order valence-corrected chi connectivity index (χ0v) is 10.4. The van der Waals surface area contributed by atoms with Crippen molar-refractivity contribution in [1.82, 2.24) is 10.2 Å². The summed E-state index contributed by atoms with van der Waals surface area (Å²) in [6.45, 7) is 0.732. The Morgan fingerprint density at radius 1 is 1.26 bits per heavy atom. The predicted molar refractivity (Wildman–Crippen MR) is 66.2 cm³/mol. The van der Waals surface area contributed by atoms with E-state index >= 15 is 0 Å². The molecule has 0 radical (unpaired) electrons. The Bertz CT molecular complexity index is 634. The lowest BCUT2D eigenvalue weighted by atomic mass is 10.0. The van der Waals surface area contributed by atoms with E-state index in [0.717, 1.165) is 24.2 Å². The maximum Gasteiger partial charge on any atom is 0.416 e. The molecule has 3 rings (SSSR count). The number of alkyl halides is 3. The minimum atomic E-state index is -4.39. The number of hydrogen-bond acceptors (Lipinski definition) is 2. The normalized spacial score (nSPS) is 14.3. The molecule has 2 N–H and O–H groups in total. The molecular weight excluding hydrogens is 279 g/mol. The van der Waals surface area contributed by atoms with Crippen molar-refractivity contribution >= 4 is 17.4 Å². The van der Waals surface area contributed by atoms with Crippen LogP contribution in [0.1, 0.15) is 11.1 Å². The lowest BCUT2D eigenvalue weighted by Crippen LogP contribution is -2.05. The second-order valence-corrected chi connectivity index (χ2v) is 4.70. The van der Waals surface area contributed by atoms with Gasteiger partial charge < -0.3 is 5.32 Å². The maximum atomic E-state index is 12.7. The molecule has 1 aromatic heterocycles. The fraction of sp³-hybridized carbons (Fsp3) is 0.250. The highest BCUT2D eigenvalue weighted by Crippen LogP contribution is 2.38. The smallest absolute Gasteiger partial charge is 0.368 e. The van der Waals surface area contributed by atoms with E-state index in [1.54, 1.807) is 0 Å². The Morgan fingerprint density at radius 3 is 2.79 bits per heavy atom. The molecule has 0 bridgehead atoms. The molecule has 2 heterocycles. The summed E-state index contributed by atoms with van der Waals surface area (Å²) in [6, 6.07) is 3.28. The van der Waals surface area contributed by atoms with Gasteiger partial charge in [0.05, 0.1) is 11.3 Å². The standard InChI is InChI=1S/C12H9ClF3N3/c13-9-2-1-6(12(14,15)16)5-8(9)10-7-3-4-17-11(7)19-18-10/h1-2,5H,3-4H2,(H2,17,18,19). The number of benzene rings is 1. The van der Waals surface area contributed by atoms with Crippen molar-refractivity contribution in [2.75, 3.05) is 11.9 Å². The monoisotopic (exact) mass is 287 g/mol. The van der Waals surface area contributed by atoms with Gasteiger partial charge in [0, 0.05) is 22.7 Å². The molecule has 0 amide bonds. The maximum absolute atomic E-state index is 12.7. The van der Waals surface area contributed by atoms with Crippen LogP contribution in [0.15, 0.2) is 18.2 Å². The van der Waals surface area contributed by atoms with Gasteiger partial charge in [-0.1, -0.05) is 11.6 Å². The third-order valence-corrected chi connectivity index (χ3v) is 3.43. The van der Waals surface area contributed by atoms with E-state index < -0.39 is 11.7 Å². The average molecular weight is 288 g/mol. The first-order chi connectivity index (χ1) is 8.97. The van der Waals surface area contributed by atoms with E-state index in [2.05, 4.69) is 15.5 Å². The molecular formula is C12H9ClF3N3. The topological polar surface area (TPSA) is 40.7 Å². The number of rotatable bonds is 1. The van der Waals surface area contributed by atoms with Gasteiger partial charge in [0.15, 0.2) is 5.82 Å². The van der Waals surface area contributed by atoms with Crippen LogP contribution in [0, 0.1) is 0 Å². The van der Waals surface area contributed by atoms with Gasteiger partial charge in [0.1, 0.15) is 0 Å². The highest BCUT2D eigenvalue weighted by atomic mass is 35.5. The van der Waals surface area contributed by atoms with Gasteiger partial charge >= 0.3 is 6.18 Å². The SMILES string of the molecule is FC(F)(F)c1ccc(Cl)c(-c2[nH]nc3c2CCN3)c1. The van der Waals surface area contributed by atoms with Crippen molar-refractivity contribution in [3.8, 4) is 11.3 Å². The van der Waals surface area contributed by atoms with E-state index in [-0.39, 0.29) is 5.02 Å². The quantitative estimate of drug-likeness (QED) is 0.839. The fourth-order valence-corrected chi connectivity index (χ4v) is 2.39. The number of nitrogens with zero attached hydrogens (tertiary/aromatic N) is 1. The third-order valence-electron chi connectivity index (χ3n) is 3.10. The predicted octanol–water partition coefficient (Wildman–Crippen LogP) is 3.72. The first kappa shape index (κ1) is 12.3. The summed E-state index contributed by atoms with van der Waals surface area (Å²) >= 11 is 6.00. The van der Waals surface area contributed by atoms with Crippen molar-refractivity contribution in [2.45, 2.75) is 12.6 Å². The Hall–Kier alpha value is -1.69. The molecule has 0 unspecified atom stereocenters. The Labute approximate surface area is 111 Å². The molecule has 0 saturated carbocycles. The lowest BCUT2D eigenvalue weighted by molar-refractivity contribution is -0.137. The molecule has 1 aliphatic rings. The summed E-state index contributed by atoms with van der Waals surface area (Å²) in [7, 11) is 0. The van der Waals surface area contributed by atoms with Gasteiger partial charge in [-0.2, -0.15) is 18.3 Å². The zero-order valence-electron chi connectivity index (χ0n) is 9.61. The minimum absolute atomic E-state index is 0.270. The summed E-state index contributed by atoms with van der Waals surface area (Å²) in [4.78, 5) is 0. The van der Waals surface area contributed by atoms with Crippen LogP contribution in [0.25, 0.3) is 11.3 Å². The second kappa shape index (κ2) is 4.16. The summed E-state index contributed by atoms with van der Waals surface area (Å²) in [6.07, 6.45) is -3.67. The first-order valence-corrected chi connectivity index (χ1v) is 6.03. The molecule has 0 atom stereocenters. The van der Waals surface area contributed by atoms with Crippen LogP contribution in [0.2, 0.25) is 5.02 Å². The van der Waals surface area contributed by atoms with Crippen LogP contribution < -0.4 is 5.32 Å². The Balaban J connectivity index is 2.14. The van der Waals surface area contributed by atoms with E-state index in [4.69, 9.17) is 11.6 Å². The van der Waals surface area contributed by atoms with Crippen LogP contribution in [0.5, 0.6) is 0 Å². The number of anilines is 1. The van der Waals surface area contributed by atoms with Gasteiger partial charge in [-0.05, 0) is 24.6 Å². The van der Waals surface area contributed by atoms with Crippen LogP contribution in [-0.2, 0) is 12.6 Å². The number of halogens is 4. The Kier molecular flexibility index (Phi) is 2.70. The minimum Gasteiger partial charge on any atom is -0.368 e. The van der Waals surface area contributed by atoms with Gasteiger partial charge in [0.25, 0.3) is 0 Å². The third kappa shape index (κ3) is 2.06. The van der Waals surface area contributed by atoms with Crippen molar-refractivity contribution in [3.63, 3.8) is 0 Å². The van der Waals surface area contributed by atoms with Crippen molar-refractivity contribution in [2.24, 2.45) is 0 Å². The number of aromatic amines is 1. The molecule has 0 saturated heterocycles. The summed E-state index contributed by atoms with van der Waals surface area (Å²) in [5.41, 5.74) is 1.03. The van der Waals surface area contributed by atoms with Gasteiger partial charge in [-0.3, -0.25) is 5.10 Å². The highest BCUT2D eigenvalue weighted by molar-refractivity contribution is 6.33. The van der Waals surface area contributed by atoms with E-state index in [1.807, 2.05) is 0 Å². The molecule has 2 aromatic rings. The average Bonchev–Trinajstić information content (AvgIpc) is 2.90. The molecule has 1 aliphatic heterocycles. The van der Waals surface area contributed by atoms with Crippen molar-refractivity contribution < 1.29 is 13.2 Å². The zero-order chi connectivity index (χ0) is 13.6. The molecule has 1 aromatic carbocycles. The van der Waals surface area contributed by atoms with Crippen LogP contribution in [0.4, 0.5) is 19.0 Å². The molecule has 0 fully saturated rings. The summed E-state index contributed by atoms with van der Waals surface area (Å²) in [5.74, 6) is 0.684. The number of nitrogens with one attached hydrogen (secondary N) is 2. The van der Waals surface area contributed by atoms with Crippen LogP contribution >= 0.6 is 11.6 Å². The van der Waals surface area contributed by atoms with Crippen LogP contribution in [0.3, 0.4) is 0 Å². The van der Waals surface area contributed by atoms with Crippen molar-refractivity contribution in [1.29, 1.82) is 0 Å². The lowest BCUT2D eigenvalue weighted by Gasteiger charge is -2.10. The van der Waals surface area contributed by atoms with E-state index in [1.165, 1.54) is 6.07 Å². The molecule has 100 valence electrons. The van der Waals surface area contributed by atoms with E-state index in [0.29, 0.717) is 23.5 Å². The Morgan fingerprint density at radius 2 is 2.05 bits per heavy atom. The molecule has 7 heteroatoms. The number of H-pyrrole nitrogens is 1. The molecule has 3 nitrogen and oxygen atoms in total. The van der Waals surface area contributed by atoms with Crippen LogP contribution in [-0.4, -0.2) is 16.7 Å².